The molecule has 3 aromatic rings. The van der Waals surface area contributed by atoms with E-state index in [-0.39, 0.29) is 5.91 Å². The Morgan fingerprint density at radius 1 is 1.14 bits per heavy atom. The van der Waals surface area contributed by atoms with Gasteiger partial charge in [-0.3, -0.25) is 4.79 Å². The summed E-state index contributed by atoms with van der Waals surface area (Å²) < 4.78 is 5.40. The predicted octanol–water partition coefficient (Wildman–Crippen LogP) is 4.28. The van der Waals surface area contributed by atoms with Crippen LogP contribution in [0.5, 0.6) is 0 Å². The highest BCUT2D eigenvalue weighted by molar-refractivity contribution is 5.94. The van der Waals surface area contributed by atoms with E-state index in [1.54, 1.807) is 6.20 Å². The summed E-state index contributed by atoms with van der Waals surface area (Å²) in [5, 5.41) is 2.82. The number of hydrogen-bond donors (Lipinski definition) is 1. The lowest BCUT2D eigenvalue weighted by molar-refractivity contribution is -0.114. The van der Waals surface area contributed by atoms with Crippen LogP contribution in [0.4, 0.5) is 5.69 Å². The zero-order valence-corrected chi connectivity index (χ0v) is 12.5. The summed E-state index contributed by atoms with van der Waals surface area (Å²) in [7, 11) is 0. The van der Waals surface area contributed by atoms with Crippen molar-refractivity contribution in [1.82, 2.24) is 4.98 Å². The van der Waals surface area contributed by atoms with Gasteiger partial charge in [-0.2, -0.15) is 0 Å². The molecule has 4 heteroatoms. The largest absolute Gasteiger partial charge is 0.444 e. The number of rotatable bonds is 3. The van der Waals surface area contributed by atoms with Gasteiger partial charge in [-0.25, -0.2) is 4.98 Å². The maximum absolute atomic E-state index is 11.4. The molecular formula is C18H16N2O2. The highest BCUT2D eigenvalue weighted by Crippen LogP contribution is 2.33. The second kappa shape index (κ2) is 5.85. The number of oxazole rings is 1. The zero-order valence-electron chi connectivity index (χ0n) is 12.5. The number of nitrogens with one attached hydrogen (secondary N) is 1. The molecule has 1 aromatic heterocycles. The van der Waals surface area contributed by atoms with Crippen LogP contribution in [-0.4, -0.2) is 10.9 Å². The molecule has 0 atom stereocenters. The molecule has 0 aliphatic carbocycles. The van der Waals surface area contributed by atoms with Crippen LogP contribution < -0.4 is 5.32 Å². The van der Waals surface area contributed by atoms with Gasteiger partial charge in [0.2, 0.25) is 11.8 Å². The van der Waals surface area contributed by atoms with E-state index < -0.39 is 0 Å². The first-order valence-corrected chi connectivity index (χ1v) is 7.02. The molecule has 3 rings (SSSR count). The average molecular weight is 292 g/mol. The normalized spacial score (nSPS) is 10.5. The van der Waals surface area contributed by atoms with Crippen molar-refractivity contribution in [2.45, 2.75) is 13.8 Å². The van der Waals surface area contributed by atoms with Gasteiger partial charge in [0.15, 0.2) is 0 Å². The monoisotopic (exact) mass is 292 g/mol. The number of amides is 1. The number of aryl methyl sites for hydroxylation is 1. The number of carbonyl (C=O) groups excluding carboxylic acids is 1. The molecule has 4 nitrogen and oxygen atoms in total. The first-order valence-electron chi connectivity index (χ1n) is 7.02. The van der Waals surface area contributed by atoms with Gasteiger partial charge in [-0.1, -0.05) is 30.3 Å². The fourth-order valence-electron chi connectivity index (χ4n) is 2.44. The summed E-state index contributed by atoms with van der Waals surface area (Å²) in [5.74, 6) is 0.357. The molecule has 0 bridgehead atoms. The van der Waals surface area contributed by atoms with E-state index in [4.69, 9.17) is 4.42 Å². The van der Waals surface area contributed by atoms with Crippen LogP contribution in [0.25, 0.3) is 22.6 Å². The van der Waals surface area contributed by atoms with E-state index in [1.807, 2.05) is 30.3 Å². The minimum absolute atomic E-state index is 0.128. The average Bonchev–Trinajstić information content (AvgIpc) is 3.02. The molecule has 0 radical (unpaired) electrons. The van der Waals surface area contributed by atoms with Crippen molar-refractivity contribution in [2.75, 3.05) is 5.32 Å². The maximum Gasteiger partial charge on any atom is 0.227 e. The van der Waals surface area contributed by atoms with Gasteiger partial charge in [0.25, 0.3) is 0 Å². The molecule has 1 N–H and O–H groups in total. The topological polar surface area (TPSA) is 55.1 Å². The smallest absolute Gasteiger partial charge is 0.227 e. The van der Waals surface area contributed by atoms with Crippen molar-refractivity contribution in [3.8, 4) is 22.6 Å². The molecule has 22 heavy (non-hydrogen) atoms. The molecule has 0 aliphatic heterocycles. The number of carbonyl (C=O) groups is 1. The van der Waals surface area contributed by atoms with Crippen LogP contribution in [0.1, 0.15) is 12.5 Å². The summed E-state index contributed by atoms with van der Waals surface area (Å²) in [5.41, 5.74) is 4.84. The third-order valence-corrected chi connectivity index (χ3v) is 3.45. The number of aromatic nitrogens is 1. The lowest BCUT2D eigenvalue weighted by Crippen LogP contribution is -2.07. The highest BCUT2D eigenvalue weighted by atomic mass is 16.3. The Bertz CT molecular complexity index is 808. The van der Waals surface area contributed by atoms with Crippen LogP contribution in [0.15, 0.2) is 59.3 Å². The summed E-state index contributed by atoms with van der Waals surface area (Å²) in [6.45, 7) is 3.55. The third kappa shape index (κ3) is 2.76. The molecule has 0 saturated heterocycles. The predicted molar refractivity (Wildman–Crippen MR) is 86.4 cm³/mol. The summed E-state index contributed by atoms with van der Waals surface area (Å²) in [4.78, 5) is 15.6. The molecule has 0 spiro atoms. The van der Waals surface area contributed by atoms with Gasteiger partial charge >= 0.3 is 0 Å². The molecule has 0 unspecified atom stereocenters. The Hall–Kier alpha value is -2.88. The van der Waals surface area contributed by atoms with E-state index in [1.165, 1.54) is 18.8 Å². The lowest BCUT2D eigenvalue weighted by Gasteiger charge is -2.11. The Balaban J connectivity index is 2.14. The molecule has 1 amide bonds. The number of anilines is 1. The quantitative estimate of drug-likeness (QED) is 0.784. The van der Waals surface area contributed by atoms with Crippen LogP contribution in [0, 0.1) is 6.92 Å². The maximum atomic E-state index is 11.4. The number of nitrogens with zero attached hydrogens (tertiary/aromatic N) is 1. The van der Waals surface area contributed by atoms with Gasteiger partial charge in [0.1, 0.15) is 6.26 Å². The molecule has 110 valence electrons. The Morgan fingerprint density at radius 2 is 1.95 bits per heavy atom. The van der Waals surface area contributed by atoms with Crippen LogP contribution in [0.2, 0.25) is 0 Å². The summed E-state index contributed by atoms with van der Waals surface area (Å²) in [6.07, 6.45) is 3.11. The lowest BCUT2D eigenvalue weighted by atomic mass is 9.98. The fourth-order valence-corrected chi connectivity index (χ4v) is 2.44. The van der Waals surface area contributed by atoms with Gasteiger partial charge in [0, 0.05) is 6.92 Å². The molecule has 2 aromatic carbocycles. The minimum Gasteiger partial charge on any atom is -0.444 e. The highest BCUT2D eigenvalue weighted by Gasteiger charge is 2.13. The molecule has 0 fully saturated rings. The zero-order chi connectivity index (χ0) is 15.5. The first kappa shape index (κ1) is 14.1. The summed E-state index contributed by atoms with van der Waals surface area (Å²) >= 11 is 0. The van der Waals surface area contributed by atoms with E-state index in [0.717, 1.165) is 16.7 Å². The van der Waals surface area contributed by atoms with Crippen molar-refractivity contribution in [3.05, 3.63) is 60.5 Å². The van der Waals surface area contributed by atoms with Gasteiger partial charge in [-0.05, 0) is 35.7 Å². The summed E-state index contributed by atoms with van der Waals surface area (Å²) in [6, 6.07) is 14.0. The fraction of sp³-hybridized carbons (Fsp3) is 0.111. The van der Waals surface area contributed by atoms with E-state index in [0.29, 0.717) is 11.6 Å². The molecule has 1 heterocycles. The number of hydrogen-bond acceptors (Lipinski definition) is 3. The van der Waals surface area contributed by atoms with E-state index >= 15 is 0 Å². The Kier molecular flexibility index (Phi) is 3.74. The van der Waals surface area contributed by atoms with Crippen molar-refractivity contribution in [1.29, 1.82) is 0 Å². The number of benzene rings is 2. The van der Waals surface area contributed by atoms with Gasteiger partial charge in [0.05, 0.1) is 17.4 Å². The Morgan fingerprint density at radius 3 is 2.64 bits per heavy atom. The second-order valence-electron chi connectivity index (χ2n) is 5.09. The SMILES string of the molecule is CC(=O)Nc1ccc(-c2ccccc2C)cc1-c1ncco1. The van der Waals surface area contributed by atoms with Crippen molar-refractivity contribution in [2.24, 2.45) is 0 Å². The Labute approximate surface area is 128 Å². The standard InChI is InChI=1S/C18H16N2O2/c1-12-5-3-4-6-15(12)14-7-8-17(20-13(2)21)16(11-14)18-19-9-10-22-18/h3-11H,1-2H3,(H,20,21). The van der Waals surface area contributed by atoms with Gasteiger partial charge in [-0.15, -0.1) is 0 Å². The van der Waals surface area contributed by atoms with Crippen molar-refractivity contribution < 1.29 is 9.21 Å². The third-order valence-electron chi connectivity index (χ3n) is 3.45. The molecular weight excluding hydrogens is 276 g/mol. The molecule has 0 saturated carbocycles. The van der Waals surface area contributed by atoms with Crippen LogP contribution >= 0.6 is 0 Å². The van der Waals surface area contributed by atoms with Gasteiger partial charge < -0.3 is 9.73 Å². The van der Waals surface area contributed by atoms with Crippen molar-refractivity contribution in [3.63, 3.8) is 0 Å². The second-order valence-corrected chi connectivity index (χ2v) is 5.09. The molecule has 0 aliphatic rings. The first-order chi connectivity index (χ1) is 10.6. The van der Waals surface area contributed by atoms with Crippen LogP contribution in [-0.2, 0) is 4.79 Å². The minimum atomic E-state index is -0.128. The van der Waals surface area contributed by atoms with E-state index in [2.05, 4.69) is 29.4 Å². The van der Waals surface area contributed by atoms with Crippen LogP contribution in [0.3, 0.4) is 0 Å². The van der Waals surface area contributed by atoms with E-state index in [9.17, 15) is 4.79 Å². The van der Waals surface area contributed by atoms with Crippen molar-refractivity contribution >= 4 is 11.6 Å².